The number of morpholine rings is 2. The van der Waals surface area contributed by atoms with Gasteiger partial charge in [0, 0.05) is 44.1 Å². The normalized spacial score (nSPS) is 18.8. The lowest BCUT2D eigenvalue weighted by Crippen LogP contribution is -2.42. The maximum atomic E-state index is 13.3. The van der Waals surface area contributed by atoms with Gasteiger partial charge in [-0.2, -0.15) is 4.31 Å². The Morgan fingerprint density at radius 3 is 2.50 bits per heavy atom. The highest BCUT2D eigenvalue weighted by atomic mass is 32.2. The number of nitrogens with zero attached hydrogens (tertiary/aromatic N) is 4. The second kappa shape index (κ2) is 9.93. The molecule has 0 spiro atoms. The fourth-order valence-electron chi connectivity index (χ4n) is 3.84. The van der Waals surface area contributed by atoms with Gasteiger partial charge in [-0.3, -0.25) is 19.1 Å². The van der Waals surface area contributed by atoms with Crippen LogP contribution in [0.4, 0.5) is 0 Å². The summed E-state index contributed by atoms with van der Waals surface area (Å²) < 4.78 is 39.6. The summed E-state index contributed by atoms with van der Waals surface area (Å²) in [7, 11) is -3.88. The lowest BCUT2D eigenvalue weighted by atomic mass is 10.3. The van der Waals surface area contributed by atoms with Crippen molar-refractivity contribution in [3.8, 4) is 0 Å². The van der Waals surface area contributed by atoms with E-state index in [0.29, 0.717) is 49.2 Å². The Bertz CT molecular complexity index is 1130. The van der Waals surface area contributed by atoms with Crippen LogP contribution < -0.4 is 10.9 Å². The summed E-state index contributed by atoms with van der Waals surface area (Å²) in [5.74, 6) is -0.328. The van der Waals surface area contributed by atoms with Crippen molar-refractivity contribution >= 4 is 37.5 Å². The molecule has 176 valence electrons. The van der Waals surface area contributed by atoms with Crippen LogP contribution in [0.3, 0.4) is 0 Å². The first kappa shape index (κ1) is 23.3. The van der Waals surface area contributed by atoms with Crippen LogP contribution in [0.15, 0.2) is 16.0 Å². The van der Waals surface area contributed by atoms with Gasteiger partial charge in [0.2, 0.25) is 15.9 Å². The number of hydrogen-bond donors (Lipinski definition) is 1. The van der Waals surface area contributed by atoms with Gasteiger partial charge in [0.05, 0.1) is 38.1 Å². The quantitative estimate of drug-likeness (QED) is 0.543. The van der Waals surface area contributed by atoms with Crippen LogP contribution in [-0.2, 0) is 30.8 Å². The molecule has 13 heteroatoms. The van der Waals surface area contributed by atoms with E-state index in [1.54, 1.807) is 6.92 Å². The molecule has 2 aromatic heterocycles. The number of rotatable bonds is 7. The van der Waals surface area contributed by atoms with Gasteiger partial charge in [0.1, 0.15) is 16.3 Å². The van der Waals surface area contributed by atoms with Crippen LogP contribution in [-0.4, -0.2) is 98.8 Å². The largest absolute Gasteiger partial charge is 0.379 e. The molecule has 4 heterocycles. The Morgan fingerprint density at radius 1 is 1.16 bits per heavy atom. The molecule has 0 bridgehead atoms. The van der Waals surface area contributed by atoms with E-state index < -0.39 is 15.6 Å². The third-order valence-corrected chi connectivity index (χ3v) is 8.75. The van der Waals surface area contributed by atoms with Gasteiger partial charge in [-0.15, -0.1) is 11.3 Å². The van der Waals surface area contributed by atoms with Crippen molar-refractivity contribution in [3.63, 3.8) is 0 Å². The number of sulfonamides is 1. The number of nitrogens with one attached hydrogen (secondary N) is 1. The Balaban J connectivity index is 1.52. The average Bonchev–Trinajstić information content (AvgIpc) is 3.14. The third kappa shape index (κ3) is 4.87. The zero-order chi connectivity index (χ0) is 22.7. The summed E-state index contributed by atoms with van der Waals surface area (Å²) in [6.07, 6.45) is 1.30. The summed E-state index contributed by atoms with van der Waals surface area (Å²) in [6, 6.07) is 0. The molecular weight excluding hydrogens is 458 g/mol. The number of ether oxygens (including phenoxy) is 2. The number of amides is 1. The predicted molar refractivity (Wildman–Crippen MR) is 118 cm³/mol. The van der Waals surface area contributed by atoms with Gasteiger partial charge in [-0.05, 0) is 6.92 Å². The number of hydrogen-bond acceptors (Lipinski definition) is 9. The molecule has 1 amide bonds. The molecule has 2 aliphatic heterocycles. The number of carbonyl (C=O) groups is 1. The lowest BCUT2D eigenvalue weighted by Gasteiger charge is -2.26. The zero-order valence-corrected chi connectivity index (χ0v) is 19.5. The molecule has 32 heavy (non-hydrogen) atoms. The fourth-order valence-corrected chi connectivity index (χ4v) is 6.92. The zero-order valence-electron chi connectivity index (χ0n) is 17.9. The first-order valence-electron chi connectivity index (χ1n) is 10.5. The van der Waals surface area contributed by atoms with E-state index in [1.165, 1.54) is 10.6 Å². The topological polar surface area (TPSA) is 123 Å². The van der Waals surface area contributed by atoms with Crippen molar-refractivity contribution in [3.05, 3.63) is 21.6 Å². The smallest absolute Gasteiger partial charge is 0.263 e. The lowest BCUT2D eigenvalue weighted by molar-refractivity contribution is -0.121. The van der Waals surface area contributed by atoms with Gasteiger partial charge >= 0.3 is 0 Å². The second-order valence-corrected chi connectivity index (χ2v) is 10.7. The summed E-state index contributed by atoms with van der Waals surface area (Å²) in [5, 5.41) is 2.85. The molecule has 2 aliphatic rings. The molecule has 4 rings (SSSR count). The molecule has 0 unspecified atom stereocenters. The summed E-state index contributed by atoms with van der Waals surface area (Å²) in [4.78, 5) is 32.9. The Labute approximate surface area is 190 Å². The van der Waals surface area contributed by atoms with Gasteiger partial charge in [-0.1, -0.05) is 0 Å². The van der Waals surface area contributed by atoms with Gasteiger partial charge in [0.25, 0.3) is 5.56 Å². The molecule has 0 saturated carbocycles. The summed E-state index contributed by atoms with van der Waals surface area (Å²) >= 11 is 1.16. The van der Waals surface area contributed by atoms with E-state index in [1.807, 2.05) is 0 Å². The predicted octanol–water partition coefficient (Wildman–Crippen LogP) is -0.764. The highest BCUT2D eigenvalue weighted by Crippen LogP contribution is 2.33. The number of carbonyl (C=O) groups excluding carboxylic acids is 1. The van der Waals surface area contributed by atoms with Crippen molar-refractivity contribution in [1.29, 1.82) is 0 Å². The van der Waals surface area contributed by atoms with E-state index in [2.05, 4.69) is 15.2 Å². The Kier molecular flexibility index (Phi) is 7.22. The number of thiophene rings is 1. The van der Waals surface area contributed by atoms with Crippen LogP contribution in [0, 0.1) is 6.92 Å². The average molecular weight is 486 g/mol. The van der Waals surface area contributed by atoms with Crippen LogP contribution in [0.5, 0.6) is 0 Å². The van der Waals surface area contributed by atoms with E-state index >= 15 is 0 Å². The van der Waals surface area contributed by atoms with Gasteiger partial charge in [0.15, 0.2) is 0 Å². The number of aryl methyl sites for hydroxylation is 1. The maximum Gasteiger partial charge on any atom is 0.263 e. The minimum atomic E-state index is -3.88. The van der Waals surface area contributed by atoms with Crippen molar-refractivity contribution in [2.24, 2.45) is 0 Å². The molecule has 2 fully saturated rings. The molecule has 2 saturated heterocycles. The third-order valence-electron chi connectivity index (χ3n) is 5.54. The minimum absolute atomic E-state index is 0.0148. The highest BCUT2D eigenvalue weighted by molar-refractivity contribution is 7.89. The highest BCUT2D eigenvalue weighted by Gasteiger charge is 2.32. The van der Waals surface area contributed by atoms with E-state index in [-0.39, 0.29) is 35.8 Å². The van der Waals surface area contributed by atoms with E-state index in [9.17, 15) is 18.0 Å². The first-order chi connectivity index (χ1) is 15.4. The Morgan fingerprint density at radius 2 is 1.81 bits per heavy atom. The van der Waals surface area contributed by atoms with Crippen LogP contribution in [0.1, 0.15) is 4.88 Å². The molecular formula is C19H27N5O6S2. The second-order valence-electron chi connectivity index (χ2n) is 7.67. The maximum absolute atomic E-state index is 13.3. The number of aromatic nitrogens is 2. The van der Waals surface area contributed by atoms with Crippen molar-refractivity contribution < 1.29 is 22.7 Å². The standard InChI is InChI=1S/C19H27N5O6S2/c1-14-17(32(27,28)24-6-10-30-11-7-24)16-18(31-14)21-13-23(19(16)26)12-15(25)20-2-3-22-4-8-29-9-5-22/h13H,2-12H2,1H3,(H,20,25). The molecule has 0 atom stereocenters. The van der Waals surface area contributed by atoms with Crippen molar-refractivity contribution in [2.45, 2.75) is 18.4 Å². The van der Waals surface area contributed by atoms with Crippen molar-refractivity contribution in [2.75, 3.05) is 65.7 Å². The molecule has 2 aromatic rings. The minimum Gasteiger partial charge on any atom is -0.379 e. The fraction of sp³-hybridized carbons (Fsp3) is 0.632. The summed E-state index contributed by atoms with van der Waals surface area (Å²) in [6.45, 7) is 6.72. The Hall–Kier alpha value is -1.90. The molecule has 0 radical (unpaired) electrons. The first-order valence-corrected chi connectivity index (χ1v) is 12.8. The van der Waals surface area contributed by atoms with E-state index in [0.717, 1.165) is 29.0 Å². The number of fused-ring (bicyclic) bond motifs is 1. The van der Waals surface area contributed by atoms with Crippen molar-refractivity contribution in [1.82, 2.24) is 24.1 Å². The van der Waals surface area contributed by atoms with Crippen LogP contribution in [0.2, 0.25) is 0 Å². The molecule has 0 aliphatic carbocycles. The SMILES string of the molecule is Cc1sc2ncn(CC(=O)NCCN3CCOCC3)c(=O)c2c1S(=O)(=O)N1CCOCC1. The monoisotopic (exact) mass is 485 g/mol. The van der Waals surface area contributed by atoms with Crippen LogP contribution >= 0.6 is 11.3 Å². The molecule has 1 N–H and O–H groups in total. The van der Waals surface area contributed by atoms with Gasteiger partial charge in [-0.25, -0.2) is 13.4 Å². The summed E-state index contributed by atoms with van der Waals surface area (Å²) in [5.41, 5.74) is -0.533. The van der Waals surface area contributed by atoms with Crippen LogP contribution in [0.25, 0.3) is 10.2 Å². The molecule has 11 nitrogen and oxygen atoms in total. The van der Waals surface area contributed by atoms with Gasteiger partial charge < -0.3 is 14.8 Å². The van der Waals surface area contributed by atoms with E-state index in [4.69, 9.17) is 9.47 Å². The molecule has 0 aromatic carbocycles.